The van der Waals surface area contributed by atoms with Gasteiger partial charge < -0.3 is 5.32 Å². The number of benzene rings is 1. The van der Waals surface area contributed by atoms with Crippen LogP contribution in [0.2, 0.25) is 0 Å². The number of sulfonamides is 1. The molecular weight excluding hydrogens is 368 g/mol. The number of hydrogen-bond donors (Lipinski definition) is 1. The van der Waals surface area contributed by atoms with Crippen molar-refractivity contribution in [2.45, 2.75) is 46.1 Å². The van der Waals surface area contributed by atoms with Crippen molar-refractivity contribution in [2.24, 2.45) is 0 Å². The summed E-state index contributed by atoms with van der Waals surface area (Å²) in [6.07, 6.45) is 0. The summed E-state index contributed by atoms with van der Waals surface area (Å²) in [6.45, 7) is 9.66. The predicted molar refractivity (Wildman–Crippen MR) is 106 cm³/mol. The Labute approximate surface area is 160 Å². The third-order valence-electron chi connectivity index (χ3n) is 4.61. The van der Waals surface area contributed by atoms with Crippen LogP contribution in [0.15, 0.2) is 28.5 Å². The maximum absolute atomic E-state index is 13.2. The molecule has 0 bridgehead atoms. The van der Waals surface area contributed by atoms with Gasteiger partial charge in [-0.2, -0.15) is 4.31 Å². The highest BCUT2D eigenvalue weighted by Gasteiger charge is 2.29. The van der Waals surface area contributed by atoms with Crippen molar-refractivity contribution >= 4 is 27.3 Å². The fourth-order valence-corrected chi connectivity index (χ4v) is 5.50. The van der Waals surface area contributed by atoms with Gasteiger partial charge in [-0.05, 0) is 61.4 Å². The third kappa shape index (κ3) is 4.34. The molecule has 5 nitrogen and oxygen atoms in total. The molecule has 0 atom stereocenters. The smallest absolute Gasteiger partial charge is 0.244 e. The largest absolute Gasteiger partial charge is 0.350 e. The fraction of sp³-hybridized carbons (Fsp3) is 0.421. The Kier molecular flexibility index (Phi) is 6.60. The zero-order valence-corrected chi connectivity index (χ0v) is 17.6. The Morgan fingerprint density at radius 3 is 2.27 bits per heavy atom. The Balaban J connectivity index is 2.24. The van der Waals surface area contributed by atoms with E-state index in [0.717, 1.165) is 27.1 Å². The number of likely N-dealkylation sites (N-methyl/N-ethyl adjacent to an activating group) is 1. The summed E-state index contributed by atoms with van der Waals surface area (Å²) in [7, 11) is -3.75. The van der Waals surface area contributed by atoms with Gasteiger partial charge in [0.2, 0.25) is 15.9 Å². The minimum Gasteiger partial charge on any atom is -0.350 e. The number of nitrogens with one attached hydrogen (secondary N) is 1. The molecule has 0 radical (unpaired) electrons. The van der Waals surface area contributed by atoms with Gasteiger partial charge in [0, 0.05) is 11.4 Å². The number of hydrogen-bond acceptors (Lipinski definition) is 4. The summed E-state index contributed by atoms with van der Waals surface area (Å²) in [5.74, 6) is -0.302. The Bertz CT molecular complexity index is 862. The first-order valence-corrected chi connectivity index (χ1v) is 10.9. The highest BCUT2D eigenvalue weighted by molar-refractivity contribution is 7.89. The van der Waals surface area contributed by atoms with Crippen LogP contribution in [0, 0.1) is 27.7 Å². The molecule has 7 heteroatoms. The van der Waals surface area contributed by atoms with Gasteiger partial charge in [0.15, 0.2) is 0 Å². The van der Waals surface area contributed by atoms with Crippen LogP contribution in [0.25, 0.3) is 0 Å². The van der Waals surface area contributed by atoms with E-state index in [9.17, 15) is 13.2 Å². The van der Waals surface area contributed by atoms with E-state index in [2.05, 4.69) is 5.32 Å². The molecule has 1 aromatic carbocycles. The summed E-state index contributed by atoms with van der Waals surface area (Å²) in [4.78, 5) is 13.6. The zero-order chi connectivity index (χ0) is 19.5. The summed E-state index contributed by atoms with van der Waals surface area (Å²) < 4.78 is 27.7. The molecular formula is C19H26N2O3S2. The normalized spacial score (nSPS) is 11.8. The van der Waals surface area contributed by atoms with Crippen LogP contribution in [0.1, 0.15) is 34.1 Å². The van der Waals surface area contributed by atoms with Crippen LogP contribution in [0.3, 0.4) is 0 Å². The Morgan fingerprint density at radius 1 is 1.15 bits per heavy atom. The van der Waals surface area contributed by atoms with Crippen molar-refractivity contribution in [3.63, 3.8) is 0 Å². The van der Waals surface area contributed by atoms with E-state index in [0.29, 0.717) is 11.4 Å². The van der Waals surface area contributed by atoms with E-state index in [4.69, 9.17) is 0 Å². The first-order chi connectivity index (χ1) is 12.2. The number of carbonyl (C=O) groups is 1. The first kappa shape index (κ1) is 20.6. The summed E-state index contributed by atoms with van der Waals surface area (Å²) in [5.41, 5.74) is 3.35. The van der Waals surface area contributed by atoms with Gasteiger partial charge in [-0.25, -0.2) is 8.42 Å². The molecule has 26 heavy (non-hydrogen) atoms. The average Bonchev–Trinajstić information content (AvgIpc) is 3.09. The second-order valence-corrected chi connectivity index (χ2v) is 9.28. The molecule has 142 valence electrons. The molecule has 1 heterocycles. The van der Waals surface area contributed by atoms with Crippen LogP contribution in [0.5, 0.6) is 0 Å². The molecule has 1 aromatic heterocycles. The zero-order valence-electron chi connectivity index (χ0n) is 15.9. The minimum absolute atomic E-state index is 0.184. The summed E-state index contributed by atoms with van der Waals surface area (Å²) in [5, 5.41) is 4.73. The molecule has 0 unspecified atom stereocenters. The third-order valence-corrected chi connectivity index (χ3v) is 7.68. The van der Waals surface area contributed by atoms with Gasteiger partial charge in [0.05, 0.1) is 18.0 Å². The number of aryl methyl sites for hydroxylation is 2. The van der Waals surface area contributed by atoms with Gasteiger partial charge in [0.25, 0.3) is 0 Å². The van der Waals surface area contributed by atoms with Gasteiger partial charge >= 0.3 is 0 Å². The number of thiophene rings is 1. The molecule has 0 aliphatic carbocycles. The Morgan fingerprint density at radius 2 is 1.77 bits per heavy atom. The maximum atomic E-state index is 13.2. The van der Waals surface area contributed by atoms with Crippen LogP contribution < -0.4 is 5.32 Å². The summed E-state index contributed by atoms with van der Waals surface area (Å²) in [6, 6.07) is 5.84. The number of nitrogens with zero attached hydrogens (tertiary/aromatic N) is 1. The average molecular weight is 395 g/mol. The molecule has 1 amide bonds. The van der Waals surface area contributed by atoms with Gasteiger partial charge in [-0.3, -0.25) is 4.79 Å². The van der Waals surface area contributed by atoms with Crippen molar-refractivity contribution in [1.29, 1.82) is 0 Å². The van der Waals surface area contributed by atoms with Crippen molar-refractivity contribution in [3.05, 3.63) is 50.7 Å². The number of carbonyl (C=O) groups excluding carboxylic acids is 1. The van der Waals surface area contributed by atoms with E-state index in [1.165, 1.54) is 4.31 Å². The molecule has 2 rings (SSSR count). The quantitative estimate of drug-likeness (QED) is 0.783. The topological polar surface area (TPSA) is 66.5 Å². The van der Waals surface area contributed by atoms with Crippen molar-refractivity contribution in [3.8, 4) is 0 Å². The van der Waals surface area contributed by atoms with Crippen LogP contribution in [0.4, 0.5) is 0 Å². The van der Waals surface area contributed by atoms with Crippen LogP contribution in [-0.4, -0.2) is 31.7 Å². The highest BCUT2D eigenvalue weighted by Crippen LogP contribution is 2.28. The molecule has 0 spiro atoms. The number of amides is 1. The van der Waals surface area contributed by atoms with E-state index in [1.807, 2.05) is 51.3 Å². The number of rotatable bonds is 7. The molecule has 0 aliphatic rings. The van der Waals surface area contributed by atoms with Crippen molar-refractivity contribution in [1.82, 2.24) is 9.62 Å². The van der Waals surface area contributed by atoms with Crippen LogP contribution in [-0.2, 0) is 21.4 Å². The van der Waals surface area contributed by atoms with Crippen molar-refractivity contribution < 1.29 is 13.2 Å². The van der Waals surface area contributed by atoms with Crippen LogP contribution >= 0.6 is 11.3 Å². The Hall–Kier alpha value is -1.70. The molecule has 0 aliphatic heterocycles. The molecule has 0 saturated carbocycles. The summed E-state index contributed by atoms with van der Waals surface area (Å²) >= 11 is 1.55. The maximum Gasteiger partial charge on any atom is 0.244 e. The molecule has 0 fully saturated rings. The lowest BCUT2D eigenvalue weighted by molar-refractivity contribution is -0.121. The van der Waals surface area contributed by atoms with E-state index in [-0.39, 0.29) is 19.0 Å². The molecule has 1 N–H and O–H groups in total. The van der Waals surface area contributed by atoms with Crippen molar-refractivity contribution in [2.75, 3.05) is 13.1 Å². The molecule has 2 aromatic rings. The monoisotopic (exact) mass is 394 g/mol. The lowest BCUT2D eigenvalue weighted by Gasteiger charge is -2.24. The minimum atomic E-state index is -3.75. The molecule has 0 saturated heterocycles. The first-order valence-electron chi connectivity index (χ1n) is 8.55. The second-order valence-electron chi connectivity index (χ2n) is 6.38. The van der Waals surface area contributed by atoms with Gasteiger partial charge in [0.1, 0.15) is 0 Å². The lowest BCUT2D eigenvalue weighted by atomic mass is 10.0. The lowest BCUT2D eigenvalue weighted by Crippen LogP contribution is -2.40. The van der Waals surface area contributed by atoms with E-state index < -0.39 is 10.0 Å². The fourth-order valence-electron chi connectivity index (χ4n) is 2.88. The van der Waals surface area contributed by atoms with Gasteiger partial charge in [-0.1, -0.05) is 19.1 Å². The predicted octanol–water partition coefficient (Wildman–Crippen LogP) is 3.31. The second kappa shape index (κ2) is 8.33. The standard InChI is InChI=1S/C19H26N2O3S2/c1-6-21(12-18(22)20-11-17-8-7-9-25-17)26(23,24)19-15(4)13(2)10-14(3)16(19)5/h7-10H,6,11-12H2,1-5H3,(H,20,22). The van der Waals surface area contributed by atoms with Gasteiger partial charge in [-0.15, -0.1) is 11.3 Å². The highest BCUT2D eigenvalue weighted by atomic mass is 32.2. The van der Waals surface area contributed by atoms with E-state index in [1.54, 1.807) is 18.3 Å². The SMILES string of the molecule is CCN(CC(=O)NCc1cccs1)S(=O)(=O)c1c(C)c(C)cc(C)c1C. The van der Waals surface area contributed by atoms with E-state index >= 15 is 0 Å².